The van der Waals surface area contributed by atoms with Crippen molar-refractivity contribution < 1.29 is 9.59 Å². The minimum Gasteiger partial charge on any atom is -0.343 e. The number of rotatable bonds is 2. The predicted octanol–water partition coefficient (Wildman–Crippen LogP) is 0.730. The molecule has 0 saturated heterocycles. The molecule has 1 aromatic heterocycles. The van der Waals surface area contributed by atoms with Gasteiger partial charge in [-0.1, -0.05) is 0 Å². The van der Waals surface area contributed by atoms with Crippen molar-refractivity contribution in [3.05, 3.63) is 24.3 Å². The Hall–Kier alpha value is -2.77. The van der Waals surface area contributed by atoms with Gasteiger partial charge in [-0.2, -0.15) is 4.80 Å². The molecule has 0 aliphatic carbocycles. The van der Waals surface area contributed by atoms with Gasteiger partial charge in [-0.05, 0) is 50.3 Å². The van der Waals surface area contributed by atoms with Crippen molar-refractivity contribution in [3.63, 3.8) is 0 Å². The molecular weight excluding hydrogens is 284 g/mol. The molecule has 2 amide bonds. The predicted molar refractivity (Wildman–Crippen MR) is 80.8 cm³/mol. The first-order valence-corrected chi connectivity index (χ1v) is 6.72. The van der Waals surface area contributed by atoms with Crippen LogP contribution in [0, 0.1) is 0 Å². The third-order valence-corrected chi connectivity index (χ3v) is 2.60. The van der Waals surface area contributed by atoms with Crippen LogP contribution in [-0.2, 0) is 16.6 Å². The number of benzene rings is 1. The van der Waals surface area contributed by atoms with Gasteiger partial charge in [-0.25, -0.2) is 0 Å². The molecule has 0 unspecified atom stereocenters. The maximum absolute atomic E-state index is 11.8. The van der Waals surface area contributed by atoms with Crippen LogP contribution in [0.1, 0.15) is 20.8 Å². The summed E-state index contributed by atoms with van der Waals surface area (Å²) < 4.78 is 0. The van der Waals surface area contributed by atoms with Crippen LogP contribution in [0.4, 0.5) is 5.69 Å². The first-order valence-electron chi connectivity index (χ1n) is 6.72. The minimum absolute atomic E-state index is 0.462. The van der Waals surface area contributed by atoms with Crippen LogP contribution in [0.25, 0.3) is 11.4 Å². The van der Waals surface area contributed by atoms with Gasteiger partial charge in [0.2, 0.25) is 5.82 Å². The number of hydrogen-bond acceptors (Lipinski definition) is 5. The quantitative estimate of drug-likeness (QED) is 0.796. The van der Waals surface area contributed by atoms with E-state index in [4.69, 9.17) is 0 Å². The molecule has 0 saturated carbocycles. The van der Waals surface area contributed by atoms with Crippen molar-refractivity contribution in [2.45, 2.75) is 26.3 Å². The van der Waals surface area contributed by atoms with Crippen molar-refractivity contribution in [2.24, 2.45) is 7.05 Å². The van der Waals surface area contributed by atoms with E-state index in [9.17, 15) is 9.59 Å². The average Bonchev–Trinajstić information content (AvgIpc) is 2.84. The fraction of sp³-hybridized carbons (Fsp3) is 0.357. The van der Waals surface area contributed by atoms with Crippen molar-refractivity contribution >= 4 is 17.5 Å². The molecule has 1 aromatic carbocycles. The zero-order chi connectivity index (χ0) is 16.3. The Morgan fingerprint density at radius 2 is 1.73 bits per heavy atom. The zero-order valence-electron chi connectivity index (χ0n) is 12.9. The standard InChI is InChI=1S/C14H18N6O2/c1-14(2,3)16-13(22)12(21)15-10-7-5-9(6-8-10)11-17-19-20(4)18-11/h5-8H,1-4H3,(H,15,21)(H,16,22). The largest absolute Gasteiger partial charge is 0.343 e. The van der Waals surface area contributed by atoms with Crippen molar-refractivity contribution in [1.82, 2.24) is 25.5 Å². The molecule has 22 heavy (non-hydrogen) atoms. The van der Waals surface area contributed by atoms with E-state index >= 15 is 0 Å². The number of aryl methyl sites for hydroxylation is 1. The summed E-state index contributed by atoms with van der Waals surface area (Å²) >= 11 is 0. The van der Waals surface area contributed by atoms with E-state index in [1.165, 1.54) is 4.80 Å². The Balaban J connectivity index is 2.02. The lowest BCUT2D eigenvalue weighted by Gasteiger charge is -2.19. The van der Waals surface area contributed by atoms with E-state index in [0.717, 1.165) is 5.56 Å². The number of nitrogens with one attached hydrogen (secondary N) is 2. The normalized spacial score (nSPS) is 11.1. The molecule has 2 N–H and O–H groups in total. The van der Waals surface area contributed by atoms with Crippen molar-refractivity contribution in [1.29, 1.82) is 0 Å². The fourth-order valence-electron chi connectivity index (χ4n) is 1.69. The Morgan fingerprint density at radius 3 is 2.23 bits per heavy atom. The molecule has 0 atom stereocenters. The molecule has 0 spiro atoms. The second-order valence-electron chi connectivity index (χ2n) is 5.84. The Labute approximate surface area is 127 Å². The molecule has 0 aliphatic rings. The van der Waals surface area contributed by atoms with Crippen LogP contribution in [0.15, 0.2) is 24.3 Å². The number of carbonyl (C=O) groups is 2. The molecule has 0 fully saturated rings. The van der Waals surface area contributed by atoms with Crippen LogP contribution in [0.3, 0.4) is 0 Å². The summed E-state index contributed by atoms with van der Waals surface area (Å²) in [6.45, 7) is 5.42. The number of hydrogen-bond donors (Lipinski definition) is 2. The average molecular weight is 302 g/mol. The maximum atomic E-state index is 11.8. The van der Waals surface area contributed by atoms with E-state index < -0.39 is 17.4 Å². The summed E-state index contributed by atoms with van der Waals surface area (Å²) in [5.41, 5.74) is 0.822. The third kappa shape index (κ3) is 4.11. The summed E-state index contributed by atoms with van der Waals surface area (Å²) in [6.07, 6.45) is 0. The van der Waals surface area contributed by atoms with E-state index in [1.54, 1.807) is 52.1 Å². The molecular formula is C14H18N6O2. The number of tetrazole rings is 1. The van der Waals surface area contributed by atoms with Gasteiger partial charge >= 0.3 is 11.8 Å². The number of anilines is 1. The highest BCUT2D eigenvalue weighted by molar-refractivity contribution is 6.39. The van der Waals surface area contributed by atoms with E-state index in [-0.39, 0.29) is 0 Å². The van der Waals surface area contributed by atoms with E-state index in [2.05, 4.69) is 26.0 Å². The fourth-order valence-corrected chi connectivity index (χ4v) is 1.69. The van der Waals surface area contributed by atoms with Gasteiger partial charge < -0.3 is 10.6 Å². The SMILES string of the molecule is Cn1nnc(-c2ccc(NC(=O)C(=O)NC(C)(C)C)cc2)n1. The molecule has 116 valence electrons. The smallest absolute Gasteiger partial charge is 0.313 e. The molecule has 2 rings (SSSR count). The summed E-state index contributed by atoms with van der Waals surface area (Å²) in [7, 11) is 1.68. The Kier molecular flexibility index (Phi) is 4.20. The lowest BCUT2D eigenvalue weighted by molar-refractivity contribution is -0.137. The first-order chi connectivity index (χ1) is 10.2. The highest BCUT2D eigenvalue weighted by Crippen LogP contribution is 2.17. The lowest BCUT2D eigenvalue weighted by Crippen LogP contribution is -2.46. The van der Waals surface area contributed by atoms with E-state index in [1.807, 2.05) is 0 Å². The van der Waals surface area contributed by atoms with Crippen molar-refractivity contribution in [3.8, 4) is 11.4 Å². The van der Waals surface area contributed by atoms with Crippen LogP contribution in [0.5, 0.6) is 0 Å². The number of nitrogens with zero attached hydrogens (tertiary/aromatic N) is 4. The first kappa shape index (κ1) is 15.6. The van der Waals surface area contributed by atoms with Gasteiger partial charge in [0.25, 0.3) is 0 Å². The number of carbonyl (C=O) groups excluding carboxylic acids is 2. The highest BCUT2D eigenvalue weighted by atomic mass is 16.2. The molecule has 0 radical (unpaired) electrons. The van der Waals surface area contributed by atoms with Crippen LogP contribution in [-0.4, -0.2) is 37.6 Å². The van der Waals surface area contributed by atoms with Crippen LogP contribution < -0.4 is 10.6 Å². The topological polar surface area (TPSA) is 102 Å². The number of aromatic nitrogens is 4. The van der Waals surface area contributed by atoms with Gasteiger partial charge in [0.05, 0.1) is 7.05 Å². The van der Waals surface area contributed by atoms with Crippen molar-refractivity contribution in [2.75, 3.05) is 5.32 Å². The highest BCUT2D eigenvalue weighted by Gasteiger charge is 2.20. The molecule has 0 aliphatic heterocycles. The molecule has 0 bridgehead atoms. The third-order valence-electron chi connectivity index (χ3n) is 2.60. The zero-order valence-corrected chi connectivity index (χ0v) is 12.9. The molecule has 8 nitrogen and oxygen atoms in total. The lowest BCUT2D eigenvalue weighted by atomic mass is 10.1. The van der Waals surface area contributed by atoms with Gasteiger partial charge in [0, 0.05) is 16.8 Å². The van der Waals surface area contributed by atoms with Gasteiger partial charge in [-0.3, -0.25) is 9.59 Å². The van der Waals surface area contributed by atoms with E-state index in [0.29, 0.717) is 11.5 Å². The molecule has 1 heterocycles. The molecule has 2 aromatic rings. The monoisotopic (exact) mass is 302 g/mol. The van der Waals surface area contributed by atoms with Crippen LogP contribution in [0.2, 0.25) is 0 Å². The van der Waals surface area contributed by atoms with Gasteiger partial charge in [0.15, 0.2) is 0 Å². The summed E-state index contributed by atoms with van der Waals surface area (Å²) in [5.74, 6) is -0.890. The minimum atomic E-state index is -0.708. The number of amides is 2. The van der Waals surface area contributed by atoms with Gasteiger partial charge in [0.1, 0.15) is 0 Å². The summed E-state index contributed by atoms with van der Waals surface area (Å²) in [6, 6.07) is 6.84. The molecule has 8 heteroatoms. The summed E-state index contributed by atoms with van der Waals surface area (Å²) in [5, 5.41) is 16.9. The second kappa shape index (κ2) is 5.92. The second-order valence-corrected chi connectivity index (χ2v) is 5.84. The van der Waals surface area contributed by atoms with Crippen LogP contribution >= 0.6 is 0 Å². The van der Waals surface area contributed by atoms with Gasteiger partial charge in [-0.15, -0.1) is 10.2 Å². The summed E-state index contributed by atoms with van der Waals surface area (Å²) in [4.78, 5) is 24.9. The maximum Gasteiger partial charge on any atom is 0.313 e. The Bertz CT molecular complexity index is 684. The Morgan fingerprint density at radius 1 is 1.09 bits per heavy atom.